The fraction of sp³-hybridized carbons (Fsp3) is 0.435. The van der Waals surface area contributed by atoms with E-state index >= 15 is 0 Å². The zero-order valence-corrected chi connectivity index (χ0v) is 17.8. The highest BCUT2D eigenvalue weighted by Gasteiger charge is 2.47. The Labute approximate surface area is 188 Å². The second-order valence-corrected chi connectivity index (χ2v) is 8.12. The maximum Gasteiger partial charge on any atom is 0.471 e. The molecule has 0 spiro atoms. The van der Waals surface area contributed by atoms with Gasteiger partial charge in [-0.25, -0.2) is 0 Å². The van der Waals surface area contributed by atoms with E-state index < -0.39 is 30.6 Å². The third-order valence-corrected chi connectivity index (χ3v) is 5.77. The van der Waals surface area contributed by atoms with Crippen LogP contribution in [0, 0.1) is 0 Å². The van der Waals surface area contributed by atoms with Crippen molar-refractivity contribution < 1.29 is 32.2 Å². The van der Waals surface area contributed by atoms with Crippen LogP contribution in [-0.4, -0.2) is 40.7 Å². The number of amides is 2. The summed E-state index contributed by atoms with van der Waals surface area (Å²) in [5.41, 5.74) is 0.424. The number of rotatable bonds is 6. The predicted molar refractivity (Wildman–Crippen MR) is 111 cm³/mol. The number of ether oxygens (including phenoxy) is 2. The number of hydrogen-bond acceptors (Lipinski definition) is 5. The van der Waals surface area contributed by atoms with E-state index in [4.69, 9.17) is 9.47 Å². The molecule has 1 atom stereocenters. The molecule has 0 bridgehead atoms. The summed E-state index contributed by atoms with van der Waals surface area (Å²) in [6.45, 7) is -0.460. The standard InChI is InChI=1S/C23H24F3N3O4/c24-23(25,26)22(31)29(13-15-9-10-18-19(12-15)33-14-32-18)20(17-8-4-5-11-27-17)21(30)28-16-6-2-1-3-7-16/h4-5,8-12,16,20H,1-3,6-7,13-14H2,(H,28,30). The van der Waals surface area contributed by atoms with Crippen molar-refractivity contribution in [2.24, 2.45) is 0 Å². The largest absolute Gasteiger partial charge is 0.471 e. The van der Waals surface area contributed by atoms with Crippen molar-refractivity contribution in [2.45, 2.75) is 56.9 Å². The number of benzene rings is 1. The number of alkyl halides is 3. The van der Waals surface area contributed by atoms with Gasteiger partial charge in [0.1, 0.15) is 0 Å². The topological polar surface area (TPSA) is 80.8 Å². The lowest BCUT2D eigenvalue weighted by Gasteiger charge is -2.33. The molecule has 0 radical (unpaired) electrons. The first-order valence-corrected chi connectivity index (χ1v) is 10.8. The molecule has 10 heteroatoms. The Hall–Kier alpha value is -3.30. The highest BCUT2D eigenvalue weighted by atomic mass is 19.4. The highest BCUT2D eigenvalue weighted by Crippen LogP contribution is 2.35. The lowest BCUT2D eigenvalue weighted by molar-refractivity contribution is -0.189. The number of nitrogens with zero attached hydrogens (tertiary/aromatic N) is 2. The van der Waals surface area contributed by atoms with E-state index in [1.165, 1.54) is 18.3 Å². The fourth-order valence-electron chi connectivity index (χ4n) is 4.18. The molecule has 1 N–H and O–H groups in total. The molecular weight excluding hydrogens is 439 g/mol. The Morgan fingerprint density at radius 2 is 1.85 bits per heavy atom. The van der Waals surface area contributed by atoms with E-state index in [0.717, 1.165) is 32.1 Å². The molecule has 2 aliphatic rings. The molecule has 0 saturated heterocycles. The molecule has 1 aromatic carbocycles. The van der Waals surface area contributed by atoms with Gasteiger partial charge in [0.2, 0.25) is 12.7 Å². The van der Waals surface area contributed by atoms with Gasteiger partial charge in [-0.2, -0.15) is 13.2 Å². The van der Waals surface area contributed by atoms with Crippen molar-refractivity contribution in [3.8, 4) is 11.5 Å². The van der Waals surface area contributed by atoms with Crippen molar-refractivity contribution in [1.82, 2.24) is 15.2 Å². The number of carbonyl (C=O) groups excluding carboxylic acids is 2. The molecule has 2 heterocycles. The van der Waals surface area contributed by atoms with Crippen LogP contribution in [0.15, 0.2) is 42.6 Å². The Morgan fingerprint density at radius 3 is 2.55 bits per heavy atom. The average Bonchev–Trinajstić information content (AvgIpc) is 3.27. The molecule has 7 nitrogen and oxygen atoms in total. The molecule has 1 fully saturated rings. The summed E-state index contributed by atoms with van der Waals surface area (Å²) in [6, 6.07) is 7.52. The van der Waals surface area contributed by atoms with Gasteiger partial charge in [-0.05, 0) is 42.7 Å². The fourth-order valence-corrected chi connectivity index (χ4v) is 4.18. The molecule has 4 rings (SSSR count). The van der Waals surface area contributed by atoms with Gasteiger partial charge in [-0.3, -0.25) is 14.6 Å². The van der Waals surface area contributed by atoms with E-state index in [0.29, 0.717) is 22.0 Å². The van der Waals surface area contributed by atoms with E-state index in [1.54, 1.807) is 24.3 Å². The van der Waals surface area contributed by atoms with Crippen molar-refractivity contribution in [1.29, 1.82) is 0 Å². The molecule has 176 valence electrons. The molecule has 33 heavy (non-hydrogen) atoms. The second-order valence-electron chi connectivity index (χ2n) is 8.12. The van der Waals surface area contributed by atoms with Crippen molar-refractivity contribution in [2.75, 3.05) is 6.79 Å². The second kappa shape index (κ2) is 9.68. The third kappa shape index (κ3) is 5.37. The predicted octanol–water partition coefficient (Wildman–Crippen LogP) is 3.89. The lowest BCUT2D eigenvalue weighted by Crippen LogP contribution is -2.50. The first-order chi connectivity index (χ1) is 15.8. The van der Waals surface area contributed by atoms with Gasteiger partial charge < -0.3 is 19.7 Å². The zero-order chi connectivity index (χ0) is 23.4. The van der Waals surface area contributed by atoms with Crippen LogP contribution in [0.1, 0.15) is 49.4 Å². The minimum Gasteiger partial charge on any atom is -0.454 e. The van der Waals surface area contributed by atoms with E-state index in [9.17, 15) is 22.8 Å². The summed E-state index contributed by atoms with van der Waals surface area (Å²) in [7, 11) is 0. The van der Waals surface area contributed by atoms with Gasteiger partial charge >= 0.3 is 12.1 Å². The summed E-state index contributed by atoms with van der Waals surface area (Å²) in [5, 5.41) is 2.85. The van der Waals surface area contributed by atoms with E-state index in [-0.39, 0.29) is 18.5 Å². The highest BCUT2D eigenvalue weighted by molar-refractivity contribution is 5.90. The van der Waals surface area contributed by atoms with Crippen LogP contribution >= 0.6 is 0 Å². The summed E-state index contributed by atoms with van der Waals surface area (Å²) in [6.07, 6.45) is 0.621. The number of fused-ring (bicyclic) bond motifs is 1. The zero-order valence-electron chi connectivity index (χ0n) is 17.8. The summed E-state index contributed by atoms with van der Waals surface area (Å²) in [4.78, 5) is 30.5. The van der Waals surface area contributed by atoms with Gasteiger partial charge in [0.05, 0.1) is 5.69 Å². The van der Waals surface area contributed by atoms with E-state index in [2.05, 4.69) is 10.3 Å². The molecule has 1 unspecified atom stereocenters. The number of aromatic nitrogens is 1. The Balaban J connectivity index is 1.69. The van der Waals surface area contributed by atoms with Gasteiger partial charge in [-0.15, -0.1) is 0 Å². The number of carbonyl (C=O) groups is 2. The molecule has 1 aliphatic carbocycles. The van der Waals surface area contributed by atoms with Crippen LogP contribution in [0.5, 0.6) is 11.5 Å². The maximum atomic E-state index is 13.6. The van der Waals surface area contributed by atoms with Crippen LogP contribution < -0.4 is 14.8 Å². The minimum absolute atomic E-state index is 0.00430. The molecule has 1 aromatic heterocycles. The SMILES string of the molecule is O=C(NC1CCCCC1)C(c1ccccn1)N(Cc1ccc2c(c1)OCO2)C(=O)C(F)(F)F. The first kappa shape index (κ1) is 22.9. The van der Waals surface area contributed by atoms with Crippen molar-refractivity contribution >= 4 is 11.8 Å². The Kier molecular flexibility index (Phi) is 6.71. The van der Waals surface area contributed by atoms with Gasteiger partial charge in [-0.1, -0.05) is 31.4 Å². The first-order valence-electron chi connectivity index (χ1n) is 10.8. The molecule has 2 amide bonds. The molecule has 1 aliphatic heterocycles. The summed E-state index contributed by atoms with van der Waals surface area (Å²) in [5.74, 6) is -1.97. The number of pyridine rings is 1. The number of halogens is 3. The van der Waals surface area contributed by atoms with E-state index in [1.807, 2.05) is 0 Å². The van der Waals surface area contributed by atoms with Gasteiger partial charge in [0.15, 0.2) is 17.5 Å². The monoisotopic (exact) mass is 463 g/mol. The molecule has 1 saturated carbocycles. The normalized spacial score (nSPS) is 16.8. The van der Waals surface area contributed by atoms with Gasteiger partial charge in [0, 0.05) is 18.8 Å². The third-order valence-electron chi connectivity index (χ3n) is 5.77. The lowest BCUT2D eigenvalue weighted by atomic mass is 9.95. The molecular formula is C23H24F3N3O4. The summed E-state index contributed by atoms with van der Waals surface area (Å²) >= 11 is 0. The van der Waals surface area contributed by atoms with Crippen molar-refractivity contribution in [3.63, 3.8) is 0 Å². The smallest absolute Gasteiger partial charge is 0.454 e. The van der Waals surface area contributed by atoms with Gasteiger partial charge in [0.25, 0.3) is 0 Å². The average molecular weight is 463 g/mol. The van der Waals surface area contributed by atoms with Crippen LogP contribution in [0.2, 0.25) is 0 Å². The van der Waals surface area contributed by atoms with Crippen LogP contribution in [0.4, 0.5) is 13.2 Å². The van der Waals surface area contributed by atoms with Crippen LogP contribution in [0.25, 0.3) is 0 Å². The van der Waals surface area contributed by atoms with Crippen LogP contribution in [-0.2, 0) is 16.1 Å². The number of hydrogen-bond donors (Lipinski definition) is 1. The molecule has 2 aromatic rings. The van der Waals surface area contributed by atoms with Crippen LogP contribution in [0.3, 0.4) is 0 Å². The van der Waals surface area contributed by atoms with Crippen molar-refractivity contribution in [3.05, 3.63) is 53.9 Å². The number of nitrogens with one attached hydrogen (secondary N) is 1. The maximum absolute atomic E-state index is 13.6. The minimum atomic E-state index is -5.17. The Bertz CT molecular complexity index is 994. The quantitative estimate of drug-likeness (QED) is 0.703. The Morgan fingerprint density at radius 1 is 1.09 bits per heavy atom. The summed E-state index contributed by atoms with van der Waals surface area (Å²) < 4.78 is 51.4.